The molecule has 3 N–H and O–H groups in total. The zero-order valence-corrected chi connectivity index (χ0v) is 14.4. The molecule has 0 fully saturated rings. The van der Waals surface area contributed by atoms with E-state index in [1.54, 1.807) is 13.0 Å². The highest BCUT2D eigenvalue weighted by molar-refractivity contribution is 6.04. The maximum absolute atomic E-state index is 13.5. The first-order valence-corrected chi connectivity index (χ1v) is 8.54. The summed E-state index contributed by atoms with van der Waals surface area (Å²) >= 11 is 0. The summed E-state index contributed by atoms with van der Waals surface area (Å²) in [6.07, 6.45) is 2.05. The van der Waals surface area contributed by atoms with E-state index < -0.39 is 11.7 Å². The van der Waals surface area contributed by atoms with Crippen LogP contribution in [0.25, 0.3) is 0 Å². The van der Waals surface area contributed by atoms with Crippen LogP contribution in [0.15, 0.2) is 24.3 Å². The molecule has 1 aromatic carbocycles. The number of amides is 2. The molecule has 7 heteroatoms. The Balaban J connectivity index is 1.55. The van der Waals surface area contributed by atoms with Gasteiger partial charge >= 0.3 is 0 Å². The van der Waals surface area contributed by atoms with E-state index in [2.05, 4.69) is 15.6 Å². The number of aromatic amines is 1. The van der Waals surface area contributed by atoms with Crippen LogP contribution < -0.4 is 10.6 Å². The number of Topliss-reactive ketones (excluding diaryl/α,β-unsaturated/α-hetero) is 1. The first-order chi connectivity index (χ1) is 12.5. The molecule has 0 saturated heterocycles. The summed E-state index contributed by atoms with van der Waals surface area (Å²) in [5.41, 5.74) is 2.46. The van der Waals surface area contributed by atoms with Gasteiger partial charge < -0.3 is 15.6 Å². The van der Waals surface area contributed by atoms with Gasteiger partial charge in [0.05, 0.1) is 5.56 Å². The number of carbonyl (C=O) groups is 3. The summed E-state index contributed by atoms with van der Waals surface area (Å²) in [5.74, 6) is -1.39. The Morgan fingerprint density at radius 3 is 2.50 bits per heavy atom. The quantitative estimate of drug-likeness (QED) is 0.716. The normalized spacial score (nSPS) is 13.2. The third-order valence-corrected chi connectivity index (χ3v) is 4.48. The average Bonchev–Trinajstić information content (AvgIpc) is 2.97. The van der Waals surface area contributed by atoms with Crippen molar-refractivity contribution in [3.05, 3.63) is 58.2 Å². The van der Waals surface area contributed by atoms with Gasteiger partial charge in [-0.1, -0.05) is 12.1 Å². The van der Waals surface area contributed by atoms with E-state index in [4.69, 9.17) is 0 Å². The van der Waals surface area contributed by atoms with Gasteiger partial charge in [0.2, 0.25) is 0 Å². The van der Waals surface area contributed by atoms with E-state index in [1.165, 1.54) is 18.2 Å². The minimum Gasteiger partial charge on any atom is -0.354 e. The van der Waals surface area contributed by atoms with Crippen LogP contribution in [-0.2, 0) is 6.42 Å². The monoisotopic (exact) mass is 357 g/mol. The van der Waals surface area contributed by atoms with Crippen LogP contribution in [0.2, 0.25) is 0 Å². The number of ketones is 1. The van der Waals surface area contributed by atoms with Gasteiger partial charge in [-0.2, -0.15) is 0 Å². The molecule has 1 aromatic heterocycles. The number of hydrogen-bond acceptors (Lipinski definition) is 3. The molecule has 0 aliphatic heterocycles. The topological polar surface area (TPSA) is 91.1 Å². The molecule has 1 aliphatic rings. The Morgan fingerprint density at radius 1 is 1.12 bits per heavy atom. The second-order valence-electron chi connectivity index (χ2n) is 6.25. The third-order valence-electron chi connectivity index (χ3n) is 4.48. The van der Waals surface area contributed by atoms with Crippen LogP contribution in [0.3, 0.4) is 0 Å². The number of nitrogens with one attached hydrogen (secondary N) is 3. The highest BCUT2D eigenvalue weighted by Gasteiger charge is 2.26. The molecule has 136 valence electrons. The fraction of sp³-hybridized carbons (Fsp3) is 0.316. The molecule has 3 rings (SSSR count). The number of hydrogen-bond donors (Lipinski definition) is 3. The average molecular weight is 357 g/mol. The molecule has 0 saturated carbocycles. The summed E-state index contributed by atoms with van der Waals surface area (Å²) in [5, 5.41) is 5.25. The molecular weight excluding hydrogens is 337 g/mol. The number of benzene rings is 1. The van der Waals surface area contributed by atoms with E-state index in [1.807, 2.05) is 0 Å². The summed E-state index contributed by atoms with van der Waals surface area (Å²) in [4.78, 5) is 39.3. The lowest BCUT2D eigenvalue weighted by Gasteiger charge is -2.09. The van der Waals surface area contributed by atoms with Gasteiger partial charge in [0.25, 0.3) is 11.8 Å². The lowest BCUT2D eigenvalue weighted by molar-refractivity contribution is 0.0923. The molecule has 0 unspecified atom stereocenters. The third kappa shape index (κ3) is 3.51. The van der Waals surface area contributed by atoms with Gasteiger partial charge in [-0.25, -0.2) is 4.39 Å². The zero-order valence-electron chi connectivity index (χ0n) is 14.4. The maximum Gasteiger partial charge on any atom is 0.268 e. The lowest BCUT2D eigenvalue weighted by atomic mass is 9.94. The first kappa shape index (κ1) is 17.8. The highest BCUT2D eigenvalue weighted by atomic mass is 19.1. The molecule has 6 nitrogen and oxygen atoms in total. The van der Waals surface area contributed by atoms with Gasteiger partial charge in [-0.3, -0.25) is 14.4 Å². The largest absolute Gasteiger partial charge is 0.354 e. The molecule has 0 radical (unpaired) electrons. The van der Waals surface area contributed by atoms with Crippen LogP contribution in [0.4, 0.5) is 4.39 Å². The van der Waals surface area contributed by atoms with Crippen molar-refractivity contribution in [2.75, 3.05) is 13.1 Å². The van der Waals surface area contributed by atoms with Gasteiger partial charge in [-0.15, -0.1) is 0 Å². The van der Waals surface area contributed by atoms with Crippen LogP contribution >= 0.6 is 0 Å². The molecule has 2 aromatic rings. The van der Waals surface area contributed by atoms with Crippen LogP contribution in [0.5, 0.6) is 0 Å². The molecule has 0 atom stereocenters. The smallest absolute Gasteiger partial charge is 0.268 e. The fourth-order valence-electron chi connectivity index (χ4n) is 3.18. The van der Waals surface area contributed by atoms with Gasteiger partial charge in [-0.05, 0) is 37.5 Å². The van der Waals surface area contributed by atoms with Crippen LogP contribution in [0.1, 0.15) is 55.3 Å². The predicted molar refractivity (Wildman–Crippen MR) is 93.9 cm³/mol. The van der Waals surface area contributed by atoms with Crippen molar-refractivity contribution in [3.63, 3.8) is 0 Å². The standard InChI is InChI=1S/C19H20FN3O3/c1-11-16-14(7-4-8-15(16)24)23-17(11)19(26)22-10-9-21-18(25)12-5-2-3-6-13(12)20/h2-3,5-6,23H,4,7-10H2,1H3,(H,21,25)(H,22,26). The summed E-state index contributed by atoms with van der Waals surface area (Å²) in [7, 11) is 0. The van der Waals surface area contributed by atoms with Crippen LogP contribution in [-0.4, -0.2) is 35.7 Å². The van der Waals surface area contributed by atoms with Gasteiger partial charge in [0.1, 0.15) is 11.5 Å². The van der Waals surface area contributed by atoms with Crippen molar-refractivity contribution < 1.29 is 18.8 Å². The molecule has 1 heterocycles. The summed E-state index contributed by atoms with van der Waals surface area (Å²) < 4.78 is 13.5. The number of halogens is 1. The van der Waals surface area contributed by atoms with Crippen molar-refractivity contribution in [1.29, 1.82) is 0 Å². The van der Waals surface area contributed by atoms with Crippen molar-refractivity contribution in [1.82, 2.24) is 15.6 Å². The highest BCUT2D eigenvalue weighted by Crippen LogP contribution is 2.26. The minimum absolute atomic E-state index is 0.0368. The van der Waals surface area contributed by atoms with E-state index in [9.17, 15) is 18.8 Å². The Labute approximate surface area is 150 Å². The van der Waals surface area contributed by atoms with E-state index in [0.717, 1.165) is 18.5 Å². The number of H-pyrrole nitrogens is 1. The molecular formula is C19H20FN3O3. The van der Waals surface area contributed by atoms with Gasteiger partial charge in [0.15, 0.2) is 5.78 Å². The first-order valence-electron chi connectivity index (χ1n) is 8.54. The molecule has 2 amide bonds. The zero-order chi connectivity index (χ0) is 18.7. The van der Waals surface area contributed by atoms with E-state index in [-0.39, 0.29) is 30.3 Å². The second-order valence-corrected chi connectivity index (χ2v) is 6.25. The van der Waals surface area contributed by atoms with Crippen LogP contribution in [0, 0.1) is 12.7 Å². The lowest BCUT2D eigenvalue weighted by Crippen LogP contribution is -2.35. The van der Waals surface area contributed by atoms with E-state index in [0.29, 0.717) is 23.2 Å². The second kappa shape index (κ2) is 7.51. The summed E-state index contributed by atoms with van der Waals surface area (Å²) in [6, 6.07) is 5.70. The summed E-state index contributed by atoms with van der Waals surface area (Å²) in [6.45, 7) is 2.11. The predicted octanol–water partition coefficient (Wildman–Crippen LogP) is 2.14. The maximum atomic E-state index is 13.5. The van der Waals surface area contributed by atoms with Crippen molar-refractivity contribution in [2.45, 2.75) is 26.2 Å². The van der Waals surface area contributed by atoms with Gasteiger partial charge in [0, 0.05) is 30.8 Å². The van der Waals surface area contributed by atoms with Crippen molar-refractivity contribution in [2.24, 2.45) is 0 Å². The van der Waals surface area contributed by atoms with Crippen molar-refractivity contribution >= 4 is 17.6 Å². The Kier molecular flexibility index (Phi) is 5.16. The number of carbonyl (C=O) groups excluding carboxylic acids is 3. The number of aryl methyl sites for hydroxylation is 1. The van der Waals surface area contributed by atoms with Crippen molar-refractivity contribution in [3.8, 4) is 0 Å². The molecule has 0 spiro atoms. The SMILES string of the molecule is Cc1c(C(=O)NCCNC(=O)c2ccccc2F)[nH]c2c1C(=O)CCC2. The van der Waals surface area contributed by atoms with E-state index >= 15 is 0 Å². The Morgan fingerprint density at radius 2 is 1.81 bits per heavy atom. The Hall–Kier alpha value is -2.96. The fourth-order valence-corrected chi connectivity index (χ4v) is 3.18. The number of aromatic nitrogens is 1. The number of fused-ring (bicyclic) bond motifs is 1. The Bertz CT molecular complexity index is 873. The molecule has 0 bridgehead atoms. The molecule has 26 heavy (non-hydrogen) atoms. The number of rotatable bonds is 5. The molecule has 1 aliphatic carbocycles. The minimum atomic E-state index is -0.591.